The van der Waals surface area contributed by atoms with E-state index in [0.29, 0.717) is 11.1 Å². The Labute approximate surface area is 161 Å². The molecule has 2 N–H and O–H groups in total. The molecule has 2 atom stereocenters. The largest absolute Gasteiger partial charge is 0.457 e. The highest BCUT2D eigenvalue weighted by atomic mass is 19.1. The van der Waals surface area contributed by atoms with Crippen molar-refractivity contribution in [1.82, 2.24) is 10.6 Å². The van der Waals surface area contributed by atoms with E-state index in [1.807, 2.05) is 0 Å². The van der Waals surface area contributed by atoms with Crippen LogP contribution in [0.2, 0.25) is 0 Å². The maximum Gasteiger partial charge on any atom is 0.216 e. The second-order valence-corrected chi connectivity index (χ2v) is 6.92. The topological polar surface area (TPSA) is 33.3 Å². The number of para-hydroxylation sites is 1. The monoisotopic (exact) mass is 384 g/mol. The van der Waals surface area contributed by atoms with Gasteiger partial charge in [-0.2, -0.15) is 0 Å². The average molecular weight is 384 g/mol. The van der Waals surface area contributed by atoms with E-state index in [4.69, 9.17) is 4.74 Å². The van der Waals surface area contributed by atoms with Crippen molar-refractivity contribution in [3.63, 3.8) is 0 Å². The molecule has 0 radical (unpaired) electrons. The standard InChI is InChI=1S/C22H19F3N2O/c1-22(28-19-11-3-2-10-18(19)25)26-20(14-6-4-8-16(23)12-14)21(27-22)15-7-5-9-17(24)13-15/h2-13,20-21,26-27H,1H3. The van der Waals surface area contributed by atoms with Crippen molar-refractivity contribution in [3.05, 3.63) is 101 Å². The lowest BCUT2D eigenvalue weighted by atomic mass is 9.95. The van der Waals surface area contributed by atoms with E-state index in [2.05, 4.69) is 10.6 Å². The van der Waals surface area contributed by atoms with Gasteiger partial charge in [0.2, 0.25) is 5.85 Å². The first kappa shape index (κ1) is 18.5. The Balaban J connectivity index is 1.71. The summed E-state index contributed by atoms with van der Waals surface area (Å²) in [5.41, 5.74) is 1.34. The SMILES string of the molecule is CC1(Oc2ccccc2F)NC(c2cccc(F)c2)C(c2cccc(F)c2)N1. The van der Waals surface area contributed by atoms with Crippen LogP contribution >= 0.6 is 0 Å². The lowest BCUT2D eigenvalue weighted by Crippen LogP contribution is -2.52. The van der Waals surface area contributed by atoms with Gasteiger partial charge in [-0.3, -0.25) is 10.6 Å². The van der Waals surface area contributed by atoms with Gasteiger partial charge in [0.25, 0.3) is 0 Å². The van der Waals surface area contributed by atoms with Crippen molar-refractivity contribution in [2.24, 2.45) is 0 Å². The van der Waals surface area contributed by atoms with E-state index in [0.717, 1.165) is 0 Å². The molecule has 0 aliphatic carbocycles. The summed E-state index contributed by atoms with van der Waals surface area (Å²) in [5, 5.41) is 6.53. The Bertz CT molecular complexity index is 941. The molecule has 0 spiro atoms. The molecule has 6 heteroatoms. The summed E-state index contributed by atoms with van der Waals surface area (Å²) in [4.78, 5) is 0. The van der Waals surface area contributed by atoms with Gasteiger partial charge in [-0.25, -0.2) is 13.2 Å². The molecule has 0 aromatic heterocycles. The summed E-state index contributed by atoms with van der Waals surface area (Å²) in [7, 11) is 0. The molecule has 28 heavy (non-hydrogen) atoms. The Morgan fingerprint density at radius 1 is 0.750 bits per heavy atom. The second-order valence-electron chi connectivity index (χ2n) is 6.92. The summed E-state index contributed by atoms with van der Waals surface area (Å²) in [5.74, 6) is -2.33. The molecule has 1 fully saturated rings. The fourth-order valence-corrected chi connectivity index (χ4v) is 3.56. The average Bonchev–Trinajstić information content (AvgIpc) is 3.01. The van der Waals surface area contributed by atoms with E-state index in [1.54, 1.807) is 43.3 Å². The van der Waals surface area contributed by atoms with Gasteiger partial charge in [-0.15, -0.1) is 0 Å². The number of nitrogens with one attached hydrogen (secondary N) is 2. The molecular weight excluding hydrogens is 365 g/mol. The quantitative estimate of drug-likeness (QED) is 0.676. The molecule has 4 rings (SSSR count). The van der Waals surface area contributed by atoms with Crippen LogP contribution in [0.25, 0.3) is 0 Å². The van der Waals surface area contributed by atoms with Gasteiger partial charge in [0.05, 0.1) is 12.1 Å². The van der Waals surface area contributed by atoms with Gasteiger partial charge in [0.1, 0.15) is 11.6 Å². The minimum absolute atomic E-state index is 0.0721. The number of rotatable bonds is 4. The van der Waals surface area contributed by atoms with Crippen LogP contribution in [0.1, 0.15) is 30.1 Å². The van der Waals surface area contributed by atoms with E-state index in [-0.39, 0.29) is 17.4 Å². The molecule has 1 aliphatic heterocycles. The van der Waals surface area contributed by atoms with Crippen LogP contribution in [0.3, 0.4) is 0 Å². The molecular formula is C22H19F3N2O. The molecule has 1 heterocycles. The zero-order chi connectivity index (χ0) is 19.7. The van der Waals surface area contributed by atoms with Gasteiger partial charge in [0, 0.05) is 6.92 Å². The number of hydrogen-bond donors (Lipinski definition) is 2. The molecule has 1 saturated heterocycles. The first-order valence-electron chi connectivity index (χ1n) is 8.93. The lowest BCUT2D eigenvalue weighted by Gasteiger charge is -2.27. The molecule has 144 valence electrons. The molecule has 0 amide bonds. The lowest BCUT2D eigenvalue weighted by molar-refractivity contribution is 0.0389. The van der Waals surface area contributed by atoms with Crippen molar-refractivity contribution in [3.8, 4) is 5.75 Å². The van der Waals surface area contributed by atoms with Gasteiger partial charge in [-0.05, 0) is 47.5 Å². The highest BCUT2D eigenvalue weighted by molar-refractivity contribution is 5.32. The normalized spacial score (nSPS) is 24.3. The summed E-state index contributed by atoms with van der Waals surface area (Å²) < 4.78 is 47.6. The smallest absolute Gasteiger partial charge is 0.216 e. The minimum Gasteiger partial charge on any atom is -0.457 e. The Morgan fingerprint density at radius 3 is 1.79 bits per heavy atom. The molecule has 3 nitrogen and oxygen atoms in total. The van der Waals surface area contributed by atoms with Crippen LogP contribution in [0, 0.1) is 17.5 Å². The molecule has 3 aromatic carbocycles. The van der Waals surface area contributed by atoms with Gasteiger partial charge < -0.3 is 4.74 Å². The first-order valence-corrected chi connectivity index (χ1v) is 8.93. The number of hydrogen-bond acceptors (Lipinski definition) is 3. The van der Waals surface area contributed by atoms with Gasteiger partial charge in [0.15, 0.2) is 11.6 Å². The van der Waals surface area contributed by atoms with Gasteiger partial charge in [-0.1, -0.05) is 36.4 Å². The van der Waals surface area contributed by atoms with E-state index >= 15 is 0 Å². The summed E-state index contributed by atoms with van der Waals surface area (Å²) in [6, 6.07) is 17.6. The summed E-state index contributed by atoms with van der Waals surface area (Å²) >= 11 is 0. The maximum absolute atomic E-state index is 14.1. The third kappa shape index (κ3) is 3.74. The predicted molar refractivity (Wildman–Crippen MR) is 100.0 cm³/mol. The highest BCUT2D eigenvalue weighted by Crippen LogP contribution is 2.38. The zero-order valence-corrected chi connectivity index (χ0v) is 15.1. The molecule has 2 unspecified atom stereocenters. The highest BCUT2D eigenvalue weighted by Gasteiger charge is 2.44. The van der Waals surface area contributed by atoms with E-state index < -0.39 is 23.7 Å². The van der Waals surface area contributed by atoms with Gasteiger partial charge >= 0.3 is 0 Å². The van der Waals surface area contributed by atoms with Crippen LogP contribution in [0.4, 0.5) is 13.2 Å². The van der Waals surface area contributed by atoms with Crippen LogP contribution < -0.4 is 15.4 Å². The van der Waals surface area contributed by atoms with Crippen LogP contribution in [-0.4, -0.2) is 5.85 Å². The van der Waals surface area contributed by atoms with Crippen molar-refractivity contribution in [1.29, 1.82) is 0 Å². The minimum atomic E-state index is -1.16. The predicted octanol–water partition coefficient (Wildman–Crippen LogP) is 4.83. The zero-order valence-electron chi connectivity index (χ0n) is 15.1. The van der Waals surface area contributed by atoms with Crippen molar-refractivity contribution in [2.45, 2.75) is 24.9 Å². The van der Waals surface area contributed by atoms with Crippen molar-refractivity contribution >= 4 is 0 Å². The first-order chi connectivity index (χ1) is 13.4. The molecule has 0 bridgehead atoms. The van der Waals surface area contributed by atoms with Crippen LogP contribution in [0.5, 0.6) is 5.75 Å². The summed E-state index contributed by atoms with van der Waals surface area (Å²) in [6.07, 6.45) is 0. The Morgan fingerprint density at radius 2 is 1.29 bits per heavy atom. The number of halogens is 3. The Kier molecular flexibility index (Phi) is 4.83. The van der Waals surface area contributed by atoms with Crippen molar-refractivity contribution in [2.75, 3.05) is 0 Å². The molecule has 3 aromatic rings. The van der Waals surface area contributed by atoms with E-state index in [1.165, 1.54) is 36.4 Å². The van der Waals surface area contributed by atoms with E-state index in [9.17, 15) is 13.2 Å². The molecule has 0 saturated carbocycles. The van der Waals surface area contributed by atoms with Crippen LogP contribution in [-0.2, 0) is 0 Å². The third-order valence-electron chi connectivity index (χ3n) is 4.76. The molecule has 1 aliphatic rings. The Hall–Kier alpha value is -2.83. The number of benzene rings is 3. The maximum atomic E-state index is 14.1. The number of ether oxygens (including phenoxy) is 1. The summed E-state index contributed by atoms with van der Waals surface area (Å²) in [6.45, 7) is 1.71. The third-order valence-corrected chi connectivity index (χ3v) is 4.76. The fraction of sp³-hybridized carbons (Fsp3) is 0.182. The van der Waals surface area contributed by atoms with Crippen LogP contribution in [0.15, 0.2) is 72.8 Å². The second kappa shape index (κ2) is 7.30. The fourth-order valence-electron chi connectivity index (χ4n) is 3.56. The van der Waals surface area contributed by atoms with Crippen molar-refractivity contribution < 1.29 is 17.9 Å².